The number of anilines is 2. The minimum Gasteiger partial charge on any atom is -0.360 e. The van der Waals surface area contributed by atoms with Gasteiger partial charge in [0.2, 0.25) is 11.3 Å². The molecule has 2 amide bonds. The maximum Gasteiger partial charge on any atom is 0.261 e. The summed E-state index contributed by atoms with van der Waals surface area (Å²) in [6.45, 7) is 8.13. The van der Waals surface area contributed by atoms with Crippen LogP contribution in [0.4, 0.5) is 11.4 Å². The van der Waals surface area contributed by atoms with Gasteiger partial charge >= 0.3 is 0 Å². The van der Waals surface area contributed by atoms with Crippen molar-refractivity contribution in [1.82, 2.24) is 4.98 Å². The first-order chi connectivity index (χ1) is 15.2. The molecule has 0 saturated heterocycles. The van der Waals surface area contributed by atoms with Crippen LogP contribution in [0.3, 0.4) is 0 Å². The third kappa shape index (κ3) is 5.84. The van der Waals surface area contributed by atoms with Crippen LogP contribution in [0, 0.1) is 5.41 Å². The van der Waals surface area contributed by atoms with E-state index in [1.54, 1.807) is 24.3 Å². The fourth-order valence-electron chi connectivity index (χ4n) is 3.57. The summed E-state index contributed by atoms with van der Waals surface area (Å²) in [4.78, 5) is 41.2. The van der Waals surface area contributed by atoms with E-state index in [4.69, 9.17) is 0 Å². The van der Waals surface area contributed by atoms with Crippen molar-refractivity contribution in [2.75, 3.05) is 10.6 Å². The summed E-state index contributed by atoms with van der Waals surface area (Å²) in [7, 11) is 0. The fraction of sp³-hybridized carbons (Fsp3) is 0.346. The van der Waals surface area contributed by atoms with Gasteiger partial charge in [0.1, 0.15) is 5.56 Å². The lowest BCUT2D eigenvalue weighted by Crippen LogP contribution is -2.23. The molecule has 3 aromatic rings. The lowest BCUT2D eigenvalue weighted by Gasteiger charge is -2.18. The van der Waals surface area contributed by atoms with E-state index in [0.717, 1.165) is 24.8 Å². The summed E-state index contributed by atoms with van der Waals surface area (Å²) < 4.78 is 0. The third-order valence-electron chi connectivity index (χ3n) is 5.17. The molecule has 0 radical (unpaired) electrons. The quantitative estimate of drug-likeness (QED) is 0.460. The predicted octanol–water partition coefficient (Wildman–Crippen LogP) is 5.50. The minimum absolute atomic E-state index is 0.0484. The molecule has 1 heterocycles. The average molecular weight is 434 g/mol. The summed E-state index contributed by atoms with van der Waals surface area (Å²) >= 11 is 0. The van der Waals surface area contributed by atoms with Crippen molar-refractivity contribution in [3.8, 4) is 0 Å². The van der Waals surface area contributed by atoms with Crippen LogP contribution in [0.2, 0.25) is 0 Å². The highest BCUT2D eigenvalue weighted by Crippen LogP contribution is 2.25. The van der Waals surface area contributed by atoms with Gasteiger partial charge in [-0.1, -0.05) is 52.3 Å². The van der Waals surface area contributed by atoms with Gasteiger partial charge in [-0.25, -0.2) is 0 Å². The van der Waals surface area contributed by atoms with Gasteiger partial charge in [0, 0.05) is 34.9 Å². The lowest BCUT2D eigenvalue weighted by molar-refractivity contribution is -0.117. The van der Waals surface area contributed by atoms with Crippen LogP contribution in [0.15, 0.2) is 53.5 Å². The Kier molecular flexibility index (Phi) is 7.13. The first-order valence-corrected chi connectivity index (χ1v) is 11.0. The topological polar surface area (TPSA) is 91.1 Å². The number of aryl methyl sites for hydroxylation is 1. The molecule has 0 aliphatic rings. The zero-order valence-electron chi connectivity index (χ0n) is 19.2. The van der Waals surface area contributed by atoms with Gasteiger partial charge in [0.25, 0.3) is 5.91 Å². The number of benzene rings is 2. The Labute approximate surface area is 188 Å². The summed E-state index contributed by atoms with van der Waals surface area (Å²) in [5, 5.41) is 6.27. The van der Waals surface area contributed by atoms with Crippen LogP contribution in [0.25, 0.3) is 10.9 Å². The van der Waals surface area contributed by atoms with Crippen LogP contribution < -0.4 is 16.1 Å². The maximum absolute atomic E-state index is 13.0. The van der Waals surface area contributed by atoms with Crippen molar-refractivity contribution in [2.45, 2.75) is 53.4 Å². The highest BCUT2D eigenvalue weighted by molar-refractivity contribution is 6.06. The molecule has 0 saturated carbocycles. The number of pyridine rings is 1. The molecule has 3 rings (SSSR count). The molecular formula is C26H31N3O3. The average Bonchev–Trinajstić information content (AvgIpc) is 2.72. The molecular weight excluding hydrogens is 402 g/mol. The number of hydrogen-bond acceptors (Lipinski definition) is 3. The molecule has 0 atom stereocenters. The van der Waals surface area contributed by atoms with Crippen molar-refractivity contribution < 1.29 is 9.59 Å². The molecule has 0 spiro atoms. The number of carbonyl (C=O) groups excluding carboxylic acids is 2. The Morgan fingerprint density at radius 3 is 2.50 bits per heavy atom. The number of hydrogen-bond donors (Lipinski definition) is 3. The second kappa shape index (κ2) is 9.81. The molecule has 0 unspecified atom stereocenters. The Hall–Kier alpha value is -3.41. The minimum atomic E-state index is -0.479. The number of carbonyl (C=O) groups is 2. The van der Waals surface area contributed by atoms with E-state index in [2.05, 4.69) is 22.5 Å². The van der Waals surface area contributed by atoms with E-state index in [1.807, 2.05) is 39.0 Å². The molecule has 0 aliphatic carbocycles. The Balaban J connectivity index is 1.89. The predicted molar refractivity (Wildman–Crippen MR) is 130 cm³/mol. The Morgan fingerprint density at radius 1 is 1.03 bits per heavy atom. The first-order valence-electron chi connectivity index (χ1n) is 11.0. The number of amides is 2. The van der Waals surface area contributed by atoms with Crippen LogP contribution in [0.1, 0.15) is 62.9 Å². The van der Waals surface area contributed by atoms with Gasteiger partial charge in [-0.2, -0.15) is 0 Å². The van der Waals surface area contributed by atoms with Crippen LogP contribution in [0.5, 0.6) is 0 Å². The summed E-state index contributed by atoms with van der Waals surface area (Å²) in [5.41, 5.74) is 2.47. The summed E-state index contributed by atoms with van der Waals surface area (Å²) in [6.07, 6.45) is 4.60. The van der Waals surface area contributed by atoms with Crippen LogP contribution >= 0.6 is 0 Å². The third-order valence-corrected chi connectivity index (χ3v) is 5.17. The van der Waals surface area contributed by atoms with Crippen molar-refractivity contribution >= 4 is 34.1 Å². The van der Waals surface area contributed by atoms with Crippen molar-refractivity contribution in [1.29, 1.82) is 0 Å². The lowest BCUT2D eigenvalue weighted by atomic mass is 9.92. The van der Waals surface area contributed by atoms with Gasteiger partial charge in [-0.3, -0.25) is 14.4 Å². The highest BCUT2D eigenvalue weighted by Gasteiger charge is 2.18. The number of unbranched alkanes of at least 4 members (excludes halogenated alkanes) is 1. The van der Waals surface area contributed by atoms with E-state index in [1.165, 1.54) is 6.20 Å². The molecule has 0 fully saturated rings. The van der Waals surface area contributed by atoms with Crippen LogP contribution in [-0.4, -0.2) is 16.8 Å². The first kappa shape index (κ1) is 23.3. The van der Waals surface area contributed by atoms with Crippen molar-refractivity contribution in [2.24, 2.45) is 5.41 Å². The fourth-order valence-corrected chi connectivity index (χ4v) is 3.57. The summed E-state index contributed by atoms with van der Waals surface area (Å²) in [5.74, 6) is -0.560. The second-order valence-electron chi connectivity index (χ2n) is 9.29. The number of aromatic amines is 1. The van der Waals surface area contributed by atoms with Crippen molar-refractivity contribution in [3.05, 3.63) is 70.0 Å². The molecule has 3 N–H and O–H groups in total. The van der Waals surface area contributed by atoms with E-state index in [-0.39, 0.29) is 22.3 Å². The van der Waals surface area contributed by atoms with Gasteiger partial charge in [-0.15, -0.1) is 0 Å². The monoisotopic (exact) mass is 433 g/mol. The standard InChI is InChI=1S/C26H31N3O3/c1-5-6-9-17-12-13-18(28-23(30)15-26(2,3)4)14-22(17)29-25(32)20-16-27-21-11-8-7-10-19(21)24(20)31/h7-8,10-14,16H,5-6,9,15H2,1-4H3,(H,27,31)(H,28,30)(H,29,32). The number of aromatic nitrogens is 1. The van der Waals surface area contributed by atoms with E-state index in [9.17, 15) is 14.4 Å². The maximum atomic E-state index is 13.0. The van der Waals surface area contributed by atoms with Gasteiger partial charge in [0.05, 0.1) is 0 Å². The number of nitrogens with one attached hydrogen (secondary N) is 3. The van der Waals surface area contributed by atoms with E-state index >= 15 is 0 Å². The van der Waals surface area contributed by atoms with Gasteiger partial charge < -0.3 is 15.6 Å². The van der Waals surface area contributed by atoms with Gasteiger partial charge in [0.15, 0.2) is 0 Å². The van der Waals surface area contributed by atoms with E-state index < -0.39 is 5.91 Å². The molecule has 32 heavy (non-hydrogen) atoms. The molecule has 168 valence electrons. The second-order valence-corrected chi connectivity index (χ2v) is 9.29. The highest BCUT2D eigenvalue weighted by atomic mass is 16.2. The van der Waals surface area contributed by atoms with Gasteiger partial charge in [-0.05, 0) is 48.1 Å². The molecule has 6 nitrogen and oxygen atoms in total. The molecule has 0 aliphatic heterocycles. The van der Waals surface area contributed by atoms with E-state index in [0.29, 0.717) is 28.7 Å². The number of H-pyrrole nitrogens is 1. The zero-order chi connectivity index (χ0) is 23.3. The Bertz CT molecular complexity index is 1190. The number of para-hydroxylation sites is 1. The normalized spacial score (nSPS) is 11.4. The molecule has 2 aromatic carbocycles. The smallest absolute Gasteiger partial charge is 0.261 e. The molecule has 0 bridgehead atoms. The molecule has 6 heteroatoms. The SMILES string of the molecule is CCCCc1ccc(NC(=O)CC(C)(C)C)cc1NC(=O)c1c[nH]c2ccccc2c1=O. The molecule has 1 aromatic heterocycles. The van der Waals surface area contributed by atoms with Crippen molar-refractivity contribution in [3.63, 3.8) is 0 Å². The Morgan fingerprint density at radius 2 is 1.78 bits per heavy atom. The number of rotatable bonds is 7. The number of fused-ring (bicyclic) bond motifs is 1. The summed E-state index contributed by atoms with van der Waals surface area (Å²) in [6, 6.07) is 12.6. The zero-order valence-corrected chi connectivity index (χ0v) is 19.2. The largest absolute Gasteiger partial charge is 0.360 e. The van der Waals surface area contributed by atoms with Crippen LogP contribution in [-0.2, 0) is 11.2 Å².